The second-order valence-electron chi connectivity index (χ2n) is 5.08. The molecule has 0 saturated carbocycles. The molecule has 0 aliphatic carbocycles. The molecular weight excluding hydrogens is 248 g/mol. The SMILES string of the molecule is CCCCCCCC#CC#CCCCCCCC(=O)O. The van der Waals surface area contributed by atoms with Gasteiger partial charge in [0.05, 0.1) is 0 Å². The van der Waals surface area contributed by atoms with E-state index in [9.17, 15) is 4.79 Å². The molecule has 2 heteroatoms. The molecule has 0 aliphatic heterocycles. The topological polar surface area (TPSA) is 37.3 Å². The molecule has 0 rings (SSSR count). The summed E-state index contributed by atoms with van der Waals surface area (Å²) in [6, 6.07) is 0. The average molecular weight is 276 g/mol. The normalized spacial score (nSPS) is 9.25. The van der Waals surface area contributed by atoms with Gasteiger partial charge in [-0.25, -0.2) is 0 Å². The van der Waals surface area contributed by atoms with Gasteiger partial charge in [-0.05, 0) is 31.1 Å². The Balaban J connectivity index is 3.30. The molecule has 0 fully saturated rings. The number of aliphatic carboxylic acids is 1. The minimum Gasteiger partial charge on any atom is -0.481 e. The summed E-state index contributed by atoms with van der Waals surface area (Å²) in [6.45, 7) is 2.22. The predicted molar refractivity (Wildman–Crippen MR) is 84.3 cm³/mol. The molecule has 0 aromatic rings. The second kappa shape index (κ2) is 15.6. The monoisotopic (exact) mass is 276 g/mol. The predicted octanol–water partition coefficient (Wildman–Crippen LogP) is 4.78. The molecule has 0 atom stereocenters. The molecule has 0 saturated heterocycles. The van der Waals surface area contributed by atoms with Crippen LogP contribution in [0.1, 0.15) is 84.0 Å². The van der Waals surface area contributed by atoms with Crippen LogP contribution in [0.2, 0.25) is 0 Å². The summed E-state index contributed by atoms with van der Waals surface area (Å²) in [6.07, 6.45) is 12.4. The Morgan fingerprint density at radius 1 is 0.800 bits per heavy atom. The van der Waals surface area contributed by atoms with Gasteiger partial charge >= 0.3 is 5.97 Å². The Kier molecular flexibility index (Phi) is 14.5. The van der Waals surface area contributed by atoms with E-state index >= 15 is 0 Å². The van der Waals surface area contributed by atoms with Crippen LogP contribution in [0.5, 0.6) is 0 Å². The van der Waals surface area contributed by atoms with E-state index in [1.54, 1.807) is 0 Å². The molecule has 2 nitrogen and oxygen atoms in total. The summed E-state index contributed by atoms with van der Waals surface area (Å²) < 4.78 is 0. The molecule has 0 heterocycles. The zero-order chi connectivity index (χ0) is 14.9. The van der Waals surface area contributed by atoms with Crippen molar-refractivity contribution >= 4 is 5.97 Å². The molecule has 0 unspecified atom stereocenters. The van der Waals surface area contributed by atoms with E-state index in [1.165, 1.54) is 32.1 Å². The van der Waals surface area contributed by atoms with E-state index in [-0.39, 0.29) is 6.42 Å². The zero-order valence-electron chi connectivity index (χ0n) is 12.8. The first kappa shape index (κ1) is 18.6. The van der Waals surface area contributed by atoms with Crippen LogP contribution in [-0.4, -0.2) is 11.1 Å². The fourth-order valence-corrected chi connectivity index (χ4v) is 1.87. The van der Waals surface area contributed by atoms with Crippen molar-refractivity contribution < 1.29 is 9.90 Å². The molecule has 0 aliphatic rings. The summed E-state index contributed by atoms with van der Waals surface area (Å²) in [5, 5.41) is 8.48. The number of hydrogen-bond acceptors (Lipinski definition) is 1. The molecular formula is C18H28O2. The zero-order valence-corrected chi connectivity index (χ0v) is 12.8. The minimum atomic E-state index is -0.699. The third-order valence-corrected chi connectivity index (χ3v) is 3.09. The Morgan fingerprint density at radius 2 is 1.30 bits per heavy atom. The minimum absolute atomic E-state index is 0.287. The maximum absolute atomic E-state index is 10.3. The molecule has 112 valence electrons. The lowest BCUT2D eigenvalue weighted by atomic mass is 10.1. The van der Waals surface area contributed by atoms with E-state index in [0.717, 1.165) is 38.5 Å². The molecule has 0 amide bonds. The molecule has 0 radical (unpaired) electrons. The van der Waals surface area contributed by atoms with Gasteiger partial charge in [0.15, 0.2) is 0 Å². The largest absolute Gasteiger partial charge is 0.481 e. The van der Waals surface area contributed by atoms with Crippen molar-refractivity contribution in [2.45, 2.75) is 84.0 Å². The Bertz CT molecular complexity index is 349. The number of carboxylic acids is 1. The van der Waals surface area contributed by atoms with Gasteiger partial charge in [-0.3, -0.25) is 4.79 Å². The molecule has 20 heavy (non-hydrogen) atoms. The number of unbranched alkanes of at least 4 members (excludes halogenated alkanes) is 9. The van der Waals surface area contributed by atoms with Gasteiger partial charge in [0.25, 0.3) is 0 Å². The standard InChI is InChI=1S/C18H28O2/c1-2-3-4-5-6-7-8-9-10-11-12-13-14-15-16-17-18(19)20/h2-7,12-17H2,1H3,(H,19,20). The number of carbonyl (C=O) groups is 1. The van der Waals surface area contributed by atoms with Crippen LogP contribution in [0.3, 0.4) is 0 Å². The van der Waals surface area contributed by atoms with Gasteiger partial charge in [0.1, 0.15) is 0 Å². The fourth-order valence-electron chi connectivity index (χ4n) is 1.87. The van der Waals surface area contributed by atoms with Gasteiger partial charge in [-0.15, -0.1) is 0 Å². The fraction of sp³-hybridized carbons (Fsp3) is 0.722. The van der Waals surface area contributed by atoms with Gasteiger partial charge in [-0.1, -0.05) is 57.3 Å². The van der Waals surface area contributed by atoms with E-state index < -0.39 is 5.97 Å². The van der Waals surface area contributed by atoms with Crippen LogP contribution >= 0.6 is 0 Å². The number of carboxylic acid groups (broad SMARTS) is 1. The number of hydrogen-bond donors (Lipinski definition) is 1. The first-order valence-corrected chi connectivity index (χ1v) is 7.95. The average Bonchev–Trinajstić information content (AvgIpc) is 2.43. The van der Waals surface area contributed by atoms with Crippen molar-refractivity contribution in [2.75, 3.05) is 0 Å². The van der Waals surface area contributed by atoms with Crippen LogP contribution in [-0.2, 0) is 4.79 Å². The highest BCUT2D eigenvalue weighted by Gasteiger charge is 1.95. The summed E-state index contributed by atoms with van der Waals surface area (Å²) >= 11 is 0. The van der Waals surface area contributed by atoms with Crippen molar-refractivity contribution in [1.82, 2.24) is 0 Å². The van der Waals surface area contributed by atoms with E-state index in [4.69, 9.17) is 5.11 Å². The lowest BCUT2D eigenvalue weighted by molar-refractivity contribution is -0.137. The summed E-state index contributed by atoms with van der Waals surface area (Å²) in [7, 11) is 0. The van der Waals surface area contributed by atoms with Crippen molar-refractivity contribution in [3.8, 4) is 23.7 Å². The summed E-state index contributed by atoms with van der Waals surface area (Å²) in [5.74, 6) is 11.2. The third-order valence-electron chi connectivity index (χ3n) is 3.09. The highest BCUT2D eigenvalue weighted by molar-refractivity contribution is 5.66. The number of rotatable bonds is 11. The summed E-state index contributed by atoms with van der Waals surface area (Å²) in [5.41, 5.74) is 0. The van der Waals surface area contributed by atoms with Crippen molar-refractivity contribution in [3.63, 3.8) is 0 Å². The van der Waals surface area contributed by atoms with E-state index in [2.05, 4.69) is 30.6 Å². The van der Waals surface area contributed by atoms with Gasteiger partial charge in [0, 0.05) is 19.3 Å². The van der Waals surface area contributed by atoms with Crippen LogP contribution in [0.4, 0.5) is 0 Å². The maximum Gasteiger partial charge on any atom is 0.303 e. The van der Waals surface area contributed by atoms with Crippen LogP contribution in [0.15, 0.2) is 0 Å². The van der Waals surface area contributed by atoms with E-state index in [1.807, 2.05) is 0 Å². The van der Waals surface area contributed by atoms with E-state index in [0.29, 0.717) is 0 Å². The molecule has 1 N–H and O–H groups in total. The van der Waals surface area contributed by atoms with Gasteiger partial charge in [0.2, 0.25) is 0 Å². The Labute approximate surface area is 124 Å². The van der Waals surface area contributed by atoms with Crippen LogP contribution in [0.25, 0.3) is 0 Å². The van der Waals surface area contributed by atoms with Gasteiger partial charge < -0.3 is 5.11 Å². The first-order chi connectivity index (χ1) is 9.77. The molecule has 0 aromatic carbocycles. The lowest BCUT2D eigenvalue weighted by Crippen LogP contribution is -1.93. The van der Waals surface area contributed by atoms with Crippen molar-refractivity contribution in [1.29, 1.82) is 0 Å². The molecule has 0 aromatic heterocycles. The van der Waals surface area contributed by atoms with Gasteiger partial charge in [-0.2, -0.15) is 0 Å². The lowest BCUT2D eigenvalue weighted by Gasteiger charge is -1.95. The van der Waals surface area contributed by atoms with Crippen molar-refractivity contribution in [3.05, 3.63) is 0 Å². The van der Waals surface area contributed by atoms with Crippen LogP contribution in [0, 0.1) is 23.7 Å². The quantitative estimate of drug-likeness (QED) is 0.435. The highest BCUT2D eigenvalue weighted by atomic mass is 16.4. The van der Waals surface area contributed by atoms with Crippen LogP contribution < -0.4 is 0 Å². The Hall–Kier alpha value is -1.41. The first-order valence-electron chi connectivity index (χ1n) is 7.95. The highest BCUT2D eigenvalue weighted by Crippen LogP contribution is 2.05. The smallest absolute Gasteiger partial charge is 0.303 e. The van der Waals surface area contributed by atoms with Crippen molar-refractivity contribution in [2.24, 2.45) is 0 Å². The summed E-state index contributed by atoms with van der Waals surface area (Å²) in [4.78, 5) is 10.3. The molecule has 0 bridgehead atoms. The Morgan fingerprint density at radius 3 is 1.80 bits per heavy atom. The third kappa shape index (κ3) is 16.6. The maximum atomic E-state index is 10.3. The molecule has 0 spiro atoms. The second-order valence-corrected chi connectivity index (χ2v) is 5.08.